The molecule has 2 heterocycles. The summed E-state index contributed by atoms with van der Waals surface area (Å²) in [6, 6.07) is 9.92. The number of nitrogens with zero attached hydrogens (tertiary/aromatic N) is 2. The maximum Gasteiger partial charge on any atom is 0.225 e. The minimum Gasteiger partial charge on any atom is -0.391 e. The van der Waals surface area contributed by atoms with E-state index in [1.165, 1.54) is 0 Å². The number of carbonyl (C=O) groups excluding carboxylic acids is 1. The highest BCUT2D eigenvalue weighted by atomic mass is 16.3. The number of likely N-dealkylation sites (tertiary alicyclic amines) is 1. The number of fused-ring (bicyclic) bond motifs is 1. The molecule has 4 nitrogen and oxygen atoms in total. The molecular weight excluding hydrogens is 228 g/mol. The predicted molar refractivity (Wildman–Crippen MR) is 67.8 cm³/mol. The highest BCUT2D eigenvalue weighted by Gasteiger charge is 2.27. The van der Waals surface area contributed by atoms with Crippen LogP contribution in [0.15, 0.2) is 36.5 Å². The van der Waals surface area contributed by atoms with Crippen molar-refractivity contribution in [2.75, 3.05) is 6.54 Å². The van der Waals surface area contributed by atoms with Crippen molar-refractivity contribution < 1.29 is 9.90 Å². The Bertz CT molecular complexity index is 597. The summed E-state index contributed by atoms with van der Waals surface area (Å²) in [4.78, 5) is 17.6. The van der Waals surface area contributed by atoms with Crippen LogP contribution in [0.1, 0.15) is 12.0 Å². The van der Waals surface area contributed by atoms with Crippen LogP contribution in [0.3, 0.4) is 0 Å². The summed E-state index contributed by atoms with van der Waals surface area (Å²) >= 11 is 0. The lowest BCUT2D eigenvalue weighted by atomic mass is 10.1. The zero-order valence-electron chi connectivity index (χ0n) is 9.91. The van der Waals surface area contributed by atoms with Crippen molar-refractivity contribution in [2.45, 2.75) is 19.1 Å². The van der Waals surface area contributed by atoms with Crippen LogP contribution in [0.2, 0.25) is 0 Å². The van der Waals surface area contributed by atoms with Gasteiger partial charge >= 0.3 is 0 Å². The Balaban J connectivity index is 1.84. The highest BCUT2D eigenvalue weighted by Crippen LogP contribution is 2.18. The average molecular weight is 242 g/mol. The summed E-state index contributed by atoms with van der Waals surface area (Å²) in [7, 11) is 0. The Hall–Kier alpha value is -1.94. The zero-order chi connectivity index (χ0) is 12.5. The summed E-state index contributed by atoms with van der Waals surface area (Å²) in [5.41, 5.74) is 1.98. The van der Waals surface area contributed by atoms with Gasteiger partial charge < -0.3 is 10.0 Å². The number of pyridine rings is 1. The van der Waals surface area contributed by atoms with Crippen molar-refractivity contribution >= 4 is 16.8 Å². The summed E-state index contributed by atoms with van der Waals surface area (Å²) in [6.45, 7) is 0.974. The molecule has 0 aliphatic carbocycles. The molecule has 0 saturated carbocycles. The SMILES string of the molecule is O=C1CC(O)CN1Cc1ccc2cccnc2c1. The van der Waals surface area contributed by atoms with Gasteiger partial charge in [-0.15, -0.1) is 0 Å². The Labute approximate surface area is 105 Å². The number of hydrogen-bond acceptors (Lipinski definition) is 3. The first-order chi connectivity index (χ1) is 8.72. The molecule has 1 aliphatic rings. The second-order valence-corrected chi connectivity index (χ2v) is 4.66. The Morgan fingerprint density at radius 1 is 1.39 bits per heavy atom. The third kappa shape index (κ3) is 2.07. The van der Waals surface area contributed by atoms with Gasteiger partial charge in [-0.3, -0.25) is 9.78 Å². The maximum absolute atomic E-state index is 11.6. The topological polar surface area (TPSA) is 53.4 Å². The minimum absolute atomic E-state index is 0.0172. The number of β-amino-alcohol motifs (C(OH)–C–C–N with tert-alkyl or cyclic N) is 1. The summed E-state index contributed by atoms with van der Waals surface area (Å²) in [5, 5.41) is 10.5. The van der Waals surface area contributed by atoms with E-state index >= 15 is 0 Å². The third-order valence-electron chi connectivity index (χ3n) is 3.24. The van der Waals surface area contributed by atoms with E-state index in [2.05, 4.69) is 4.98 Å². The van der Waals surface area contributed by atoms with Crippen molar-refractivity contribution in [3.63, 3.8) is 0 Å². The standard InChI is InChI=1S/C14H14N2O2/c17-12-7-14(18)16(9-12)8-10-3-4-11-2-1-5-15-13(11)6-10/h1-6,12,17H,7-9H2. The fourth-order valence-electron chi connectivity index (χ4n) is 2.33. The first kappa shape index (κ1) is 11.2. The number of aliphatic hydroxyl groups excluding tert-OH is 1. The minimum atomic E-state index is -0.518. The maximum atomic E-state index is 11.6. The van der Waals surface area contributed by atoms with Crippen LogP contribution >= 0.6 is 0 Å². The molecule has 1 atom stereocenters. The van der Waals surface area contributed by atoms with E-state index in [1.807, 2.05) is 30.3 Å². The number of carbonyl (C=O) groups is 1. The average Bonchev–Trinajstić information content (AvgIpc) is 2.68. The molecule has 1 fully saturated rings. The van der Waals surface area contributed by atoms with E-state index in [-0.39, 0.29) is 12.3 Å². The Kier molecular flexibility index (Phi) is 2.72. The van der Waals surface area contributed by atoms with Crippen LogP contribution in [0.4, 0.5) is 0 Å². The molecule has 92 valence electrons. The second-order valence-electron chi connectivity index (χ2n) is 4.66. The molecule has 1 aromatic carbocycles. The van der Waals surface area contributed by atoms with E-state index < -0.39 is 6.10 Å². The number of rotatable bonds is 2. The van der Waals surface area contributed by atoms with Gasteiger partial charge in [-0.05, 0) is 17.7 Å². The lowest BCUT2D eigenvalue weighted by molar-refractivity contribution is -0.128. The highest BCUT2D eigenvalue weighted by molar-refractivity contribution is 5.80. The van der Waals surface area contributed by atoms with Crippen molar-refractivity contribution in [3.8, 4) is 0 Å². The second kappa shape index (κ2) is 4.38. The van der Waals surface area contributed by atoms with Crippen molar-refractivity contribution in [2.24, 2.45) is 0 Å². The fraction of sp³-hybridized carbons (Fsp3) is 0.286. The molecule has 1 unspecified atom stereocenters. The molecule has 1 amide bonds. The van der Waals surface area contributed by atoms with Crippen LogP contribution in [0, 0.1) is 0 Å². The van der Waals surface area contributed by atoms with Gasteiger partial charge in [0.25, 0.3) is 0 Å². The molecule has 1 aliphatic heterocycles. The third-order valence-corrected chi connectivity index (χ3v) is 3.24. The van der Waals surface area contributed by atoms with Crippen LogP contribution in [0.5, 0.6) is 0 Å². The van der Waals surface area contributed by atoms with Crippen LogP contribution in [-0.4, -0.2) is 33.5 Å². The number of hydrogen-bond donors (Lipinski definition) is 1. The first-order valence-corrected chi connectivity index (χ1v) is 6.02. The monoisotopic (exact) mass is 242 g/mol. The first-order valence-electron chi connectivity index (χ1n) is 6.02. The van der Waals surface area contributed by atoms with E-state index in [1.54, 1.807) is 11.1 Å². The molecule has 0 bridgehead atoms. The van der Waals surface area contributed by atoms with E-state index in [9.17, 15) is 9.90 Å². The number of aliphatic hydroxyl groups is 1. The summed E-state index contributed by atoms with van der Waals surface area (Å²) < 4.78 is 0. The van der Waals surface area contributed by atoms with Gasteiger partial charge in [0, 0.05) is 24.7 Å². The largest absolute Gasteiger partial charge is 0.391 e. The van der Waals surface area contributed by atoms with Gasteiger partial charge in [-0.25, -0.2) is 0 Å². The molecule has 1 aromatic heterocycles. The number of benzene rings is 1. The molecule has 0 spiro atoms. The van der Waals surface area contributed by atoms with Gasteiger partial charge in [0.2, 0.25) is 5.91 Å². The van der Waals surface area contributed by atoms with Crippen LogP contribution < -0.4 is 0 Å². The van der Waals surface area contributed by atoms with Crippen LogP contribution in [0.25, 0.3) is 10.9 Å². The number of aromatic nitrogens is 1. The van der Waals surface area contributed by atoms with Gasteiger partial charge in [0.1, 0.15) is 0 Å². The van der Waals surface area contributed by atoms with Crippen molar-refractivity contribution in [1.29, 1.82) is 0 Å². The Morgan fingerprint density at radius 3 is 3.06 bits per heavy atom. The molecule has 3 rings (SSSR count). The zero-order valence-corrected chi connectivity index (χ0v) is 9.91. The number of amides is 1. The van der Waals surface area contributed by atoms with Crippen molar-refractivity contribution in [3.05, 3.63) is 42.1 Å². The normalized spacial score (nSPS) is 19.7. The molecule has 18 heavy (non-hydrogen) atoms. The molecular formula is C14H14N2O2. The predicted octanol–water partition coefficient (Wildman–Crippen LogP) is 1.33. The smallest absolute Gasteiger partial charge is 0.225 e. The quantitative estimate of drug-likeness (QED) is 0.864. The van der Waals surface area contributed by atoms with Gasteiger partial charge in [0.05, 0.1) is 18.0 Å². The van der Waals surface area contributed by atoms with E-state index in [0.717, 1.165) is 16.5 Å². The van der Waals surface area contributed by atoms with E-state index in [0.29, 0.717) is 13.1 Å². The molecule has 1 N–H and O–H groups in total. The van der Waals surface area contributed by atoms with Crippen molar-refractivity contribution in [1.82, 2.24) is 9.88 Å². The molecule has 2 aromatic rings. The Morgan fingerprint density at radius 2 is 2.28 bits per heavy atom. The van der Waals surface area contributed by atoms with E-state index in [4.69, 9.17) is 0 Å². The fourth-order valence-corrected chi connectivity index (χ4v) is 2.33. The lowest BCUT2D eigenvalue weighted by Gasteiger charge is -2.15. The lowest BCUT2D eigenvalue weighted by Crippen LogP contribution is -2.25. The van der Waals surface area contributed by atoms with Gasteiger partial charge in [-0.1, -0.05) is 18.2 Å². The molecule has 1 saturated heterocycles. The summed E-state index contributed by atoms with van der Waals surface area (Å²) in [5.74, 6) is 0.0172. The molecule has 4 heteroatoms. The summed E-state index contributed by atoms with van der Waals surface area (Å²) in [6.07, 6.45) is 1.49. The van der Waals surface area contributed by atoms with Gasteiger partial charge in [-0.2, -0.15) is 0 Å². The van der Waals surface area contributed by atoms with Gasteiger partial charge in [0.15, 0.2) is 0 Å². The molecule has 0 radical (unpaired) electrons. The van der Waals surface area contributed by atoms with Crippen LogP contribution in [-0.2, 0) is 11.3 Å².